The fourth-order valence-electron chi connectivity index (χ4n) is 2.32. The molecule has 4 nitrogen and oxygen atoms in total. The minimum Gasteiger partial charge on any atom is -0.550 e. The van der Waals surface area contributed by atoms with Crippen LogP contribution in [0.3, 0.4) is 0 Å². The third kappa shape index (κ3) is 6.06. The SMILES string of the molecule is O=C([O-])C1CCCC1.O=C([O-])C1CCCC1.[Ni+2]. The van der Waals surface area contributed by atoms with Crippen LogP contribution in [-0.4, -0.2) is 11.9 Å². The summed E-state index contributed by atoms with van der Waals surface area (Å²) in [6, 6.07) is 0. The van der Waals surface area contributed by atoms with Crippen molar-refractivity contribution in [2.75, 3.05) is 0 Å². The van der Waals surface area contributed by atoms with Gasteiger partial charge in [-0.05, 0) is 37.5 Å². The Morgan fingerprint density at radius 2 is 0.941 bits per heavy atom. The van der Waals surface area contributed by atoms with Crippen LogP contribution in [0.5, 0.6) is 0 Å². The van der Waals surface area contributed by atoms with Gasteiger partial charge in [-0.2, -0.15) is 0 Å². The van der Waals surface area contributed by atoms with Gasteiger partial charge in [0.05, 0.1) is 0 Å². The van der Waals surface area contributed by atoms with Crippen LogP contribution in [-0.2, 0) is 26.1 Å². The first-order valence-corrected chi connectivity index (χ1v) is 6.03. The molecule has 0 bridgehead atoms. The molecule has 0 unspecified atom stereocenters. The first kappa shape index (κ1) is 16.4. The molecular formula is C12H18NiO4. The number of hydrogen-bond donors (Lipinski definition) is 0. The van der Waals surface area contributed by atoms with E-state index in [1.807, 2.05) is 0 Å². The predicted octanol–water partition coefficient (Wildman–Crippen LogP) is -0.150. The smallest absolute Gasteiger partial charge is 0.550 e. The Labute approximate surface area is 112 Å². The normalized spacial score (nSPS) is 20.2. The van der Waals surface area contributed by atoms with Crippen LogP contribution in [0.2, 0.25) is 0 Å². The molecule has 17 heavy (non-hydrogen) atoms. The summed E-state index contributed by atoms with van der Waals surface area (Å²) >= 11 is 0. The van der Waals surface area contributed by atoms with Crippen molar-refractivity contribution in [3.8, 4) is 0 Å². The topological polar surface area (TPSA) is 80.3 Å². The molecule has 0 atom stereocenters. The molecule has 2 saturated carbocycles. The number of carbonyl (C=O) groups excluding carboxylic acids is 2. The molecule has 5 heteroatoms. The van der Waals surface area contributed by atoms with Gasteiger partial charge in [-0.3, -0.25) is 0 Å². The molecule has 2 fully saturated rings. The average Bonchev–Trinajstić information content (AvgIpc) is 2.93. The second-order valence-electron chi connectivity index (χ2n) is 4.60. The van der Waals surface area contributed by atoms with Crippen molar-refractivity contribution in [2.24, 2.45) is 11.8 Å². The molecule has 0 spiro atoms. The number of rotatable bonds is 2. The van der Waals surface area contributed by atoms with Gasteiger partial charge in [-0.15, -0.1) is 0 Å². The Kier molecular flexibility index (Phi) is 8.23. The zero-order chi connectivity index (χ0) is 12.0. The van der Waals surface area contributed by atoms with Gasteiger partial charge in [0, 0.05) is 11.9 Å². The summed E-state index contributed by atoms with van der Waals surface area (Å²) in [5, 5.41) is 20.2. The van der Waals surface area contributed by atoms with Crippen molar-refractivity contribution in [3.63, 3.8) is 0 Å². The van der Waals surface area contributed by atoms with Crippen LogP contribution in [0.4, 0.5) is 0 Å². The van der Waals surface area contributed by atoms with E-state index in [1.165, 1.54) is 0 Å². The van der Waals surface area contributed by atoms with E-state index in [9.17, 15) is 19.8 Å². The van der Waals surface area contributed by atoms with Gasteiger partial charge in [-0.25, -0.2) is 0 Å². The largest absolute Gasteiger partial charge is 2.00 e. The maximum absolute atomic E-state index is 10.1. The second kappa shape index (κ2) is 8.51. The van der Waals surface area contributed by atoms with E-state index < -0.39 is 11.9 Å². The second-order valence-corrected chi connectivity index (χ2v) is 4.60. The van der Waals surface area contributed by atoms with Gasteiger partial charge < -0.3 is 19.8 Å². The van der Waals surface area contributed by atoms with Crippen LogP contribution in [0.25, 0.3) is 0 Å². The van der Waals surface area contributed by atoms with Crippen molar-refractivity contribution in [1.29, 1.82) is 0 Å². The fourth-order valence-corrected chi connectivity index (χ4v) is 2.32. The summed E-state index contributed by atoms with van der Waals surface area (Å²) in [4.78, 5) is 20.2. The monoisotopic (exact) mass is 284 g/mol. The zero-order valence-electron chi connectivity index (χ0n) is 9.76. The maximum Gasteiger partial charge on any atom is 2.00 e. The van der Waals surface area contributed by atoms with Crippen LogP contribution < -0.4 is 10.2 Å². The number of carboxylic acids is 2. The zero-order valence-corrected chi connectivity index (χ0v) is 10.7. The average molecular weight is 285 g/mol. The Morgan fingerprint density at radius 3 is 1.06 bits per heavy atom. The van der Waals surface area contributed by atoms with Gasteiger partial charge in [0.25, 0.3) is 0 Å². The number of carboxylic acid groups (broad SMARTS) is 2. The molecule has 2 aliphatic rings. The first-order chi connectivity index (χ1) is 7.61. The Balaban J connectivity index is 0.000000284. The van der Waals surface area contributed by atoms with E-state index in [-0.39, 0.29) is 28.3 Å². The van der Waals surface area contributed by atoms with Crippen molar-refractivity contribution in [1.82, 2.24) is 0 Å². The Hall–Kier alpha value is -0.566. The molecule has 0 N–H and O–H groups in total. The molecule has 0 aliphatic heterocycles. The van der Waals surface area contributed by atoms with E-state index in [4.69, 9.17) is 0 Å². The molecule has 0 amide bonds. The van der Waals surface area contributed by atoms with Crippen molar-refractivity contribution in [2.45, 2.75) is 51.4 Å². The summed E-state index contributed by atoms with van der Waals surface area (Å²) in [5.41, 5.74) is 0. The van der Waals surface area contributed by atoms with Gasteiger partial charge in [0.1, 0.15) is 0 Å². The molecule has 0 heterocycles. The number of hydrogen-bond acceptors (Lipinski definition) is 4. The molecule has 100 valence electrons. The third-order valence-electron chi connectivity index (χ3n) is 3.38. The summed E-state index contributed by atoms with van der Waals surface area (Å²) in [6.07, 6.45) is 7.61. The van der Waals surface area contributed by atoms with Crippen molar-refractivity contribution < 1.29 is 36.3 Å². The molecule has 0 saturated heterocycles. The van der Waals surface area contributed by atoms with Gasteiger partial charge in [0.2, 0.25) is 0 Å². The van der Waals surface area contributed by atoms with E-state index >= 15 is 0 Å². The Bertz CT molecular complexity index is 217. The van der Waals surface area contributed by atoms with Crippen LogP contribution >= 0.6 is 0 Å². The predicted molar refractivity (Wildman–Crippen MR) is 53.9 cm³/mol. The minimum atomic E-state index is -0.859. The standard InChI is InChI=1S/2C6H10O2.Ni/c2*7-6(8)5-3-1-2-4-5;/h2*5H,1-4H2,(H,7,8);/q;;+2/p-2. The van der Waals surface area contributed by atoms with Gasteiger partial charge in [-0.1, -0.05) is 25.7 Å². The molecule has 0 aromatic rings. The number of aliphatic carboxylic acids is 2. The van der Waals surface area contributed by atoms with Crippen LogP contribution in [0, 0.1) is 11.8 Å². The van der Waals surface area contributed by atoms with Gasteiger partial charge >= 0.3 is 16.5 Å². The van der Waals surface area contributed by atoms with E-state index in [2.05, 4.69) is 0 Å². The maximum atomic E-state index is 10.1. The van der Waals surface area contributed by atoms with Crippen molar-refractivity contribution >= 4 is 11.9 Å². The van der Waals surface area contributed by atoms with Gasteiger partial charge in [0.15, 0.2) is 0 Å². The summed E-state index contributed by atoms with van der Waals surface area (Å²) in [6.45, 7) is 0. The van der Waals surface area contributed by atoms with Crippen LogP contribution in [0.1, 0.15) is 51.4 Å². The first-order valence-electron chi connectivity index (χ1n) is 6.03. The van der Waals surface area contributed by atoms with Crippen LogP contribution in [0.15, 0.2) is 0 Å². The molecule has 0 radical (unpaired) electrons. The molecular weight excluding hydrogens is 267 g/mol. The fraction of sp³-hybridized carbons (Fsp3) is 0.833. The molecule has 0 aromatic heterocycles. The van der Waals surface area contributed by atoms with E-state index in [0.717, 1.165) is 51.4 Å². The summed E-state index contributed by atoms with van der Waals surface area (Å²) in [5.74, 6) is -1.98. The summed E-state index contributed by atoms with van der Waals surface area (Å²) in [7, 11) is 0. The molecule has 2 rings (SSSR count). The molecule has 2 aliphatic carbocycles. The van der Waals surface area contributed by atoms with E-state index in [1.54, 1.807) is 0 Å². The quantitative estimate of drug-likeness (QED) is 0.661. The van der Waals surface area contributed by atoms with E-state index in [0.29, 0.717) is 0 Å². The minimum absolute atomic E-state index is 0. The third-order valence-corrected chi connectivity index (χ3v) is 3.38. The summed E-state index contributed by atoms with van der Waals surface area (Å²) < 4.78 is 0. The molecule has 0 aromatic carbocycles. The Morgan fingerprint density at radius 1 is 0.706 bits per heavy atom. The number of carbonyl (C=O) groups is 2. The van der Waals surface area contributed by atoms with Crippen molar-refractivity contribution in [3.05, 3.63) is 0 Å².